The van der Waals surface area contributed by atoms with Gasteiger partial charge in [0.25, 0.3) is 0 Å². The van der Waals surface area contributed by atoms with Gasteiger partial charge < -0.3 is 15.4 Å². The molecule has 3 rings (SSSR count). The van der Waals surface area contributed by atoms with E-state index in [1.165, 1.54) is 0 Å². The van der Waals surface area contributed by atoms with Gasteiger partial charge in [0.1, 0.15) is 5.75 Å². The van der Waals surface area contributed by atoms with Crippen LogP contribution in [-0.2, 0) is 4.79 Å². The Balaban J connectivity index is 1.83. The Labute approximate surface area is 117 Å². The maximum absolute atomic E-state index is 12.4. The Morgan fingerprint density at radius 2 is 2.20 bits per heavy atom. The van der Waals surface area contributed by atoms with Crippen molar-refractivity contribution in [2.75, 3.05) is 18.5 Å². The number of carbonyl (C=O) groups is 2. The van der Waals surface area contributed by atoms with Crippen LogP contribution in [0.5, 0.6) is 5.75 Å². The smallest absolute Gasteiger partial charge is 0.227 e. The summed E-state index contributed by atoms with van der Waals surface area (Å²) in [4.78, 5) is 24.0. The molecule has 1 aromatic carbocycles. The van der Waals surface area contributed by atoms with Crippen LogP contribution < -0.4 is 15.4 Å². The predicted octanol–water partition coefficient (Wildman–Crippen LogP) is 1.73. The van der Waals surface area contributed by atoms with E-state index in [2.05, 4.69) is 10.6 Å². The predicted molar refractivity (Wildman–Crippen MR) is 75.2 cm³/mol. The summed E-state index contributed by atoms with van der Waals surface area (Å²) in [5, 5.41) is 6.03. The van der Waals surface area contributed by atoms with Crippen LogP contribution in [0.3, 0.4) is 0 Å². The number of rotatable bonds is 2. The average Bonchev–Trinajstić information content (AvgIpc) is 2.67. The van der Waals surface area contributed by atoms with Crippen molar-refractivity contribution in [3.63, 3.8) is 0 Å². The molecule has 1 aromatic rings. The van der Waals surface area contributed by atoms with E-state index in [1.807, 2.05) is 0 Å². The van der Waals surface area contributed by atoms with Gasteiger partial charge in [-0.15, -0.1) is 0 Å². The maximum Gasteiger partial charge on any atom is 0.227 e. The van der Waals surface area contributed by atoms with Crippen molar-refractivity contribution in [3.05, 3.63) is 23.8 Å². The molecule has 0 aliphatic carbocycles. The van der Waals surface area contributed by atoms with Crippen LogP contribution in [0.15, 0.2) is 18.2 Å². The van der Waals surface area contributed by atoms with E-state index < -0.39 is 0 Å². The average molecular weight is 274 g/mol. The lowest BCUT2D eigenvalue weighted by molar-refractivity contribution is -0.116. The molecule has 5 heteroatoms. The third kappa shape index (κ3) is 2.67. The summed E-state index contributed by atoms with van der Waals surface area (Å²) in [6.45, 7) is 1.26. The fraction of sp³-hybridized carbons (Fsp3) is 0.467. The minimum absolute atomic E-state index is 0.0795. The fourth-order valence-electron chi connectivity index (χ4n) is 2.65. The molecular formula is C15H18N2O3. The highest BCUT2D eigenvalue weighted by atomic mass is 16.5. The van der Waals surface area contributed by atoms with Crippen LogP contribution in [-0.4, -0.2) is 30.9 Å². The molecular weight excluding hydrogens is 256 g/mol. The molecule has 1 fully saturated rings. The molecule has 20 heavy (non-hydrogen) atoms. The first-order chi connectivity index (χ1) is 9.74. The highest BCUT2D eigenvalue weighted by molar-refractivity contribution is 6.02. The molecule has 0 spiro atoms. The number of hydrogen-bond donors (Lipinski definition) is 2. The quantitative estimate of drug-likeness (QED) is 0.806. The molecule has 106 valence electrons. The van der Waals surface area contributed by atoms with E-state index in [0.717, 1.165) is 25.8 Å². The van der Waals surface area contributed by atoms with Gasteiger partial charge in [0, 0.05) is 5.56 Å². The zero-order valence-corrected chi connectivity index (χ0v) is 11.3. The molecule has 2 aliphatic heterocycles. The molecule has 1 unspecified atom stereocenters. The van der Waals surface area contributed by atoms with Crippen molar-refractivity contribution in [3.8, 4) is 5.75 Å². The minimum Gasteiger partial charge on any atom is -0.491 e. The summed E-state index contributed by atoms with van der Waals surface area (Å²) >= 11 is 0. The van der Waals surface area contributed by atoms with Gasteiger partial charge >= 0.3 is 0 Å². The number of nitrogens with one attached hydrogen (secondary N) is 2. The first kappa shape index (κ1) is 13.1. The molecule has 0 radical (unpaired) electrons. The molecule has 5 nitrogen and oxygen atoms in total. The van der Waals surface area contributed by atoms with Gasteiger partial charge in [-0.1, -0.05) is 6.42 Å². The number of benzene rings is 1. The largest absolute Gasteiger partial charge is 0.491 e. The first-order valence-corrected chi connectivity index (χ1v) is 7.08. The van der Waals surface area contributed by atoms with Gasteiger partial charge in [0.2, 0.25) is 5.91 Å². The monoisotopic (exact) mass is 274 g/mol. The molecule has 0 aromatic heterocycles. The summed E-state index contributed by atoms with van der Waals surface area (Å²) in [5.41, 5.74) is 1.21. The standard InChI is InChI=1S/C15H18N2O3/c18-14-6-8-20-13-5-4-10(9-12(13)17-14)15(19)11-3-1-2-7-16-11/h4-5,9,11,16H,1-3,6-8H2,(H,17,18). The molecule has 1 saturated heterocycles. The highest BCUT2D eigenvalue weighted by Crippen LogP contribution is 2.29. The Bertz CT molecular complexity index is 536. The number of Topliss-reactive ketones (excluding diaryl/α,β-unsaturated/α-hetero) is 1. The molecule has 2 heterocycles. The second kappa shape index (κ2) is 5.63. The lowest BCUT2D eigenvalue weighted by atomic mass is 9.96. The van der Waals surface area contributed by atoms with Crippen LogP contribution in [0.1, 0.15) is 36.0 Å². The SMILES string of the molecule is O=C1CCOc2ccc(C(=O)C3CCCCN3)cc2N1. The van der Waals surface area contributed by atoms with Crippen molar-refractivity contribution in [2.45, 2.75) is 31.7 Å². The number of ether oxygens (including phenoxy) is 1. The number of carbonyl (C=O) groups excluding carboxylic acids is 2. The van der Waals surface area contributed by atoms with Gasteiger partial charge in [-0.2, -0.15) is 0 Å². The van der Waals surface area contributed by atoms with Gasteiger partial charge in [-0.25, -0.2) is 0 Å². The van der Waals surface area contributed by atoms with E-state index in [-0.39, 0.29) is 17.7 Å². The molecule has 1 amide bonds. The minimum atomic E-state index is -0.107. The van der Waals surface area contributed by atoms with Crippen molar-refractivity contribution in [1.82, 2.24) is 5.32 Å². The third-order valence-corrected chi connectivity index (χ3v) is 3.75. The molecule has 2 aliphatic rings. The van der Waals surface area contributed by atoms with E-state index in [9.17, 15) is 9.59 Å². The summed E-state index contributed by atoms with van der Waals surface area (Å²) in [6, 6.07) is 5.15. The van der Waals surface area contributed by atoms with E-state index in [4.69, 9.17) is 4.74 Å². The Kier molecular flexibility index (Phi) is 3.69. The van der Waals surface area contributed by atoms with Crippen LogP contribution >= 0.6 is 0 Å². The van der Waals surface area contributed by atoms with Gasteiger partial charge in [0.15, 0.2) is 5.78 Å². The number of hydrogen-bond acceptors (Lipinski definition) is 4. The number of piperidine rings is 1. The van der Waals surface area contributed by atoms with Crippen LogP contribution in [0.4, 0.5) is 5.69 Å². The summed E-state index contributed by atoms with van der Waals surface area (Å²) < 4.78 is 5.49. The summed E-state index contributed by atoms with van der Waals surface area (Å²) in [5.74, 6) is 0.638. The van der Waals surface area contributed by atoms with Gasteiger partial charge in [-0.05, 0) is 37.6 Å². The third-order valence-electron chi connectivity index (χ3n) is 3.75. The zero-order chi connectivity index (χ0) is 13.9. The number of amides is 1. The second-order valence-electron chi connectivity index (χ2n) is 5.22. The normalized spacial score (nSPS) is 22.2. The van der Waals surface area contributed by atoms with Gasteiger partial charge in [-0.3, -0.25) is 9.59 Å². The fourth-order valence-corrected chi connectivity index (χ4v) is 2.65. The van der Waals surface area contributed by atoms with Gasteiger partial charge in [0.05, 0.1) is 24.8 Å². The van der Waals surface area contributed by atoms with Crippen molar-refractivity contribution >= 4 is 17.4 Å². The summed E-state index contributed by atoms with van der Waals surface area (Å²) in [6.07, 6.45) is 3.41. The lowest BCUT2D eigenvalue weighted by Gasteiger charge is -2.22. The lowest BCUT2D eigenvalue weighted by Crippen LogP contribution is -2.40. The van der Waals surface area contributed by atoms with Crippen LogP contribution in [0.2, 0.25) is 0 Å². The molecule has 0 saturated carbocycles. The maximum atomic E-state index is 12.4. The Hall–Kier alpha value is -1.88. The Morgan fingerprint density at radius 1 is 1.30 bits per heavy atom. The van der Waals surface area contributed by atoms with Crippen LogP contribution in [0.25, 0.3) is 0 Å². The van der Waals surface area contributed by atoms with Crippen molar-refractivity contribution in [1.29, 1.82) is 0 Å². The van der Waals surface area contributed by atoms with Crippen LogP contribution in [0, 0.1) is 0 Å². The molecule has 2 N–H and O–H groups in total. The zero-order valence-electron chi connectivity index (χ0n) is 11.3. The second-order valence-corrected chi connectivity index (χ2v) is 5.22. The number of anilines is 1. The highest BCUT2D eigenvalue weighted by Gasteiger charge is 2.23. The van der Waals surface area contributed by atoms with E-state index in [0.29, 0.717) is 30.0 Å². The van der Waals surface area contributed by atoms with Crippen molar-refractivity contribution in [2.24, 2.45) is 0 Å². The first-order valence-electron chi connectivity index (χ1n) is 7.08. The number of ketones is 1. The number of fused-ring (bicyclic) bond motifs is 1. The topological polar surface area (TPSA) is 67.4 Å². The molecule has 0 bridgehead atoms. The summed E-state index contributed by atoms with van der Waals surface area (Å²) in [7, 11) is 0. The molecule has 1 atom stereocenters. The van der Waals surface area contributed by atoms with Crippen molar-refractivity contribution < 1.29 is 14.3 Å². The Morgan fingerprint density at radius 3 is 3.00 bits per heavy atom. The van der Waals surface area contributed by atoms with E-state index in [1.54, 1.807) is 18.2 Å². The van der Waals surface area contributed by atoms with E-state index >= 15 is 0 Å².